The van der Waals surface area contributed by atoms with E-state index in [1.807, 2.05) is 6.92 Å². The highest BCUT2D eigenvalue weighted by atomic mass is 14.9. The largest absolute Gasteiger partial charge is 0.348 e. The number of rotatable bonds is 1. The summed E-state index contributed by atoms with van der Waals surface area (Å²) in [5.74, 6) is 0. The molecule has 0 aliphatic heterocycles. The summed E-state index contributed by atoms with van der Waals surface area (Å²) in [5.41, 5.74) is 11.1. The van der Waals surface area contributed by atoms with Crippen LogP contribution in [0.4, 0.5) is 0 Å². The average molecular weight is 202 g/mol. The predicted molar refractivity (Wildman–Crippen MR) is 65.0 cm³/mol. The van der Waals surface area contributed by atoms with Gasteiger partial charge in [-0.1, -0.05) is 12.1 Å². The predicted octanol–water partition coefficient (Wildman–Crippen LogP) is 2.81. The van der Waals surface area contributed by atoms with Crippen molar-refractivity contribution in [3.8, 4) is 0 Å². The molecule has 1 aromatic heterocycles. The molecule has 80 valence electrons. The Bertz CT molecular complexity index is 507. The Hall–Kier alpha value is -1.28. The monoisotopic (exact) mass is 202 g/mol. The lowest BCUT2D eigenvalue weighted by Gasteiger charge is -2.05. The normalized spacial score (nSPS) is 13.4. The van der Waals surface area contributed by atoms with E-state index in [0.717, 1.165) is 0 Å². The number of benzene rings is 1. The fourth-order valence-electron chi connectivity index (χ4n) is 2.28. The number of nitrogens with zero attached hydrogens (tertiary/aromatic N) is 1. The Balaban J connectivity index is 2.87. The zero-order chi connectivity index (χ0) is 11.2. The first kappa shape index (κ1) is 10.2. The minimum absolute atomic E-state index is 0.0939. The second-order valence-electron chi connectivity index (χ2n) is 4.37. The van der Waals surface area contributed by atoms with Gasteiger partial charge in [0, 0.05) is 29.7 Å². The van der Waals surface area contributed by atoms with Crippen LogP contribution in [0.15, 0.2) is 18.2 Å². The first-order valence-corrected chi connectivity index (χ1v) is 5.33. The third-order valence-electron chi connectivity index (χ3n) is 3.15. The zero-order valence-electron chi connectivity index (χ0n) is 9.83. The van der Waals surface area contributed by atoms with Crippen molar-refractivity contribution < 1.29 is 0 Å². The second-order valence-corrected chi connectivity index (χ2v) is 4.37. The molecule has 0 amide bonds. The summed E-state index contributed by atoms with van der Waals surface area (Å²) in [7, 11) is 2.10. The quantitative estimate of drug-likeness (QED) is 0.757. The fraction of sp³-hybridized carbons (Fsp3) is 0.385. The second kappa shape index (κ2) is 3.38. The van der Waals surface area contributed by atoms with Crippen molar-refractivity contribution in [2.75, 3.05) is 0 Å². The molecule has 2 nitrogen and oxygen atoms in total. The van der Waals surface area contributed by atoms with Crippen molar-refractivity contribution >= 4 is 10.9 Å². The van der Waals surface area contributed by atoms with Crippen LogP contribution in [-0.4, -0.2) is 4.57 Å². The van der Waals surface area contributed by atoms with Crippen molar-refractivity contribution in [2.24, 2.45) is 12.8 Å². The van der Waals surface area contributed by atoms with Gasteiger partial charge in [-0.15, -0.1) is 0 Å². The fourth-order valence-corrected chi connectivity index (χ4v) is 2.28. The van der Waals surface area contributed by atoms with Crippen molar-refractivity contribution in [2.45, 2.75) is 26.8 Å². The smallest absolute Gasteiger partial charge is 0.0485 e. The van der Waals surface area contributed by atoms with Crippen LogP contribution in [0.2, 0.25) is 0 Å². The first-order chi connectivity index (χ1) is 7.02. The third kappa shape index (κ3) is 1.45. The van der Waals surface area contributed by atoms with Crippen LogP contribution in [0.5, 0.6) is 0 Å². The molecule has 1 atom stereocenters. The molecule has 2 aromatic rings. The lowest BCUT2D eigenvalue weighted by atomic mass is 10.0. The molecule has 2 heteroatoms. The van der Waals surface area contributed by atoms with E-state index in [2.05, 4.69) is 43.7 Å². The van der Waals surface area contributed by atoms with Gasteiger partial charge in [-0.25, -0.2) is 0 Å². The molecule has 0 spiro atoms. The Morgan fingerprint density at radius 3 is 2.53 bits per heavy atom. The van der Waals surface area contributed by atoms with E-state index < -0.39 is 0 Å². The van der Waals surface area contributed by atoms with Gasteiger partial charge in [0.1, 0.15) is 0 Å². The van der Waals surface area contributed by atoms with Crippen molar-refractivity contribution in [3.05, 3.63) is 35.0 Å². The Morgan fingerprint density at radius 2 is 1.93 bits per heavy atom. The minimum atomic E-state index is 0.0939. The number of hydrogen-bond acceptors (Lipinski definition) is 1. The minimum Gasteiger partial charge on any atom is -0.348 e. The SMILES string of the molecule is Cc1ccc2c(C(C)N)c(C)n(C)c2c1. The Morgan fingerprint density at radius 1 is 1.27 bits per heavy atom. The van der Waals surface area contributed by atoms with E-state index in [4.69, 9.17) is 5.73 Å². The maximum Gasteiger partial charge on any atom is 0.0485 e. The average Bonchev–Trinajstić information content (AvgIpc) is 2.41. The maximum atomic E-state index is 6.02. The summed E-state index contributed by atoms with van der Waals surface area (Å²) in [5, 5.41) is 1.29. The van der Waals surface area contributed by atoms with Gasteiger partial charge in [-0.05, 0) is 38.0 Å². The third-order valence-corrected chi connectivity index (χ3v) is 3.15. The number of hydrogen-bond donors (Lipinski definition) is 1. The van der Waals surface area contributed by atoms with Crippen LogP contribution in [0.3, 0.4) is 0 Å². The molecule has 0 aliphatic rings. The molecular weight excluding hydrogens is 184 g/mol. The molecule has 1 unspecified atom stereocenters. The Labute approximate surface area is 90.7 Å². The van der Waals surface area contributed by atoms with Gasteiger partial charge in [0.2, 0.25) is 0 Å². The van der Waals surface area contributed by atoms with Gasteiger partial charge >= 0.3 is 0 Å². The van der Waals surface area contributed by atoms with Crippen LogP contribution in [0.1, 0.15) is 29.8 Å². The molecule has 1 heterocycles. The molecule has 2 N–H and O–H groups in total. The highest BCUT2D eigenvalue weighted by Crippen LogP contribution is 2.29. The number of nitrogens with two attached hydrogens (primary N) is 1. The van der Waals surface area contributed by atoms with Crippen LogP contribution in [0, 0.1) is 13.8 Å². The van der Waals surface area contributed by atoms with Gasteiger partial charge in [-0.3, -0.25) is 0 Å². The summed E-state index contributed by atoms with van der Waals surface area (Å²) in [6, 6.07) is 6.63. The van der Waals surface area contributed by atoms with E-state index in [0.29, 0.717) is 0 Å². The molecule has 0 bridgehead atoms. The summed E-state index contributed by atoms with van der Waals surface area (Å²) in [6.45, 7) is 6.29. The summed E-state index contributed by atoms with van der Waals surface area (Å²) in [4.78, 5) is 0. The maximum absolute atomic E-state index is 6.02. The highest BCUT2D eigenvalue weighted by Gasteiger charge is 2.14. The van der Waals surface area contributed by atoms with Crippen LogP contribution in [0.25, 0.3) is 10.9 Å². The van der Waals surface area contributed by atoms with Gasteiger partial charge < -0.3 is 10.3 Å². The van der Waals surface area contributed by atoms with Crippen molar-refractivity contribution in [1.29, 1.82) is 0 Å². The summed E-state index contributed by atoms with van der Waals surface area (Å²) < 4.78 is 2.22. The molecule has 15 heavy (non-hydrogen) atoms. The van der Waals surface area contributed by atoms with Gasteiger partial charge in [0.25, 0.3) is 0 Å². The lowest BCUT2D eigenvalue weighted by Crippen LogP contribution is -2.06. The molecule has 0 saturated heterocycles. The van der Waals surface area contributed by atoms with Gasteiger partial charge in [0.05, 0.1) is 0 Å². The van der Waals surface area contributed by atoms with E-state index in [1.165, 1.54) is 27.7 Å². The van der Waals surface area contributed by atoms with E-state index in [1.54, 1.807) is 0 Å². The lowest BCUT2D eigenvalue weighted by molar-refractivity contribution is 0.795. The van der Waals surface area contributed by atoms with Crippen LogP contribution in [-0.2, 0) is 7.05 Å². The van der Waals surface area contributed by atoms with Crippen molar-refractivity contribution in [1.82, 2.24) is 4.57 Å². The summed E-state index contributed by atoms with van der Waals surface area (Å²) >= 11 is 0. The van der Waals surface area contributed by atoms with Crippen molar-refractivity contribution in [3.63, 3.8) is 0 Å². The molecule has 1 aromatic carbocycles. The molecule has 0 saturated carbocycles. The number of fused-ring (bicyclic) bond motifs is 1. The van der Waals surface area contributed by atoms with E-state index >= 15 is 0 Å². The topological polar surface area (TPSA) is 30.9 Å². The molecule has 0 aliphatic carbocycles. The standard InChI is InChI=1S/C13H18N2/c1-8-5-6-11-12(7-8)15(4)10(3)13(11)9(2)14/h5-7,9H,14H2,1-4H3. The van der Waals surface area contributed by atoms with Gasteiger partial charge in [0.15, 0.2) is 0 Å². The van der Waals surface area contributed by atoms with Crippen LogP contribution >= 0.6 is 0 Å². The van der Waals surface area contributed by atoms with Crippen LogP contribution < -0.4 is 5.73 Å². The molecule has 0 fully saturated rings. The molecule has 2 rings (SSSR count). The molecular formula is C13H18N2. The zero-order valence-corrected chi connectivity index (χ0v) is 9.83. The van der Waals surface area contributed by atoms with E-state index in [-0.39, 0.29) is 6.04 Å². The Kier molecular flexibility index (Phi) is 2.31. The number of aromatic nitrogens is 1. The van der Waals surface area contributed by atoms with Gasteiger partial charge in [-0.2, -0.15) is 0 Å². The first-order valence-electron chi connectivity index (χ1n) is 5.33. The number of aryl methyl sites for hydroxylation is 2. The molecule has 0 radical (unpaired) electrons. The highest BCUT2D eigenvalue weighted by molar-refractivity contribution is 5.86. The van der Waals surface area contributed by atoms with E-state index in [9.17, 15) is 0 Å². The summed E-state index contributed by atoms with van der Waals surface area (Å²) in [6.07, 6.45) is 0.